The van der Waals surface area contributed by atoms with Crippen LogP contribution >= 0.6 is 0 Å². The molecular formula is C8H16N4O2. The average molecular weight is 200 g/mol. The van der Waals surface area contributed by atoms with Gasteiger partial charge in [0.2, 0.25) is 0 Å². The number of nitrogens with two attached hydrogens (primary N) is 1. The summed E-state index contributed by atoms with van der Waals surface area (Å²) in [5.41, 5.74) is 6.05. The zero-order valence-corrected chi connectivity index (χ0v) is 8.26. The standard InChI is InChI=1S/C8H16N4O2/c1-14-6-8(13)7-5-10-11-12(7)4-2-3-9/h5,8,13H,2-4,6,9H2,1H3. The lowest BCUT2D eigenvalue weighted by Crippen LogP contribution is -2.14. The lowest BCUT2D eigenvalue weighted by molar-refractivity contribution is 0.0585. The van der Waals surface area contributed by atoms with E-state index in [1.165, 1.54) is 7.11 Å². The molecule has 0 amide bonds. The Morgan fingerprint density at radius 2 is 2.50 bits per heavy atom. The number of aromatic nitrogens is 3. The molecule has 1 rings (SSSR count). The molecule has 0 fully saturated rings. The summed E-state index contributed by atoms with van der Waals surface area (Å²) in [5, 5.41) is 17.2. The van der Waals surface area contributed by atoms with Crippen molar-refractivity contribution in [3.63, 3.8) is 0 Å². The molecule has 80 valence electrons. The van der Waals surface area contributed by atoms with E-state index in [2.05, 4.69) is 10.3 Å². The van der Waals surface area contributed by atoms with Gasteiger partial charge in [-0.1, -0.05) is 5.21 Å². The number of ether oxygens (including phenoxy) is 1. The fourth-order valence-corrected chi connectivity index (χ4v) is 1.18. The van der Waals surface area contributed by atoms with Gasteiger partial charge in [-0.2, -0.15) is 0 Å². The molecule has 0 bridgehead atoms. The third-order valence-corrected chi connectivity index (χ3v) is 1.89. The molecule has 0 aliphatic rings. The Morgan fingerprint density at radius 3 is 3.14 bits per heavy atom. The van der Waals surface area contributed by atoms with Gasteiger partial charge in [0, 0.05) is 13.7 Å². The van der Waals surface area contributed by atoms with Crippen molar-refractivity contribution in [1.82, 2.24) is 15.0 Å². The van der Waals surface area contributed by atoms with Crippen LogP contribution in [0.1, 0.15) is 18.2 Å². The number of hydrogen-bond acceptors (Lipinski definition) is 5. The van der Waals surface area contributed by atoms with Crippen LogP contribution in [0.25, 0.3) is 0 Å². The van der Waals surface area contributed by atoms with Crippen molar-refractivity contribution in [3.8, 4) is 0 Å². The molecule has 1 aromatic heterocycles. The largest absolute Gasteiger partial charge is 0.384 e. The zero-order valence-electron chi connectivity index (χ0n) is 8.26. The molecule has 0 radical (unpaired) electrons. The molecule has 0 spiro atoms. The van der Waals surface area contributed by atoms with Gasteiger partial charge in [0.1, 0.15) is 6.10 Å². The third kappa shape index (κ3) is 2.76. The predicted octanol–water partition coefficient (Wildman–Crippen LogP) is -0.693. The van der Waals surface area contributed by atoms with Gasteiger partial charge in [0.05, 0.1) is 18.5 Å². The Labute approximate surface area is 82.7 Å². The van der Waals surface area contributed by atoms with E-state index in [0.29, 0.717) is 18.8 Å². The summed E-state index contributed by atoms with van der Waals surface area (Å²) in [7, 11) is 1.54. The second-order valence-electron chi connectivity index (χ2n) is 3.00. The van der Waals surface area contributed by atoms with E-state index in [0.717, 1.165) is 6.42 Å². The van der Waals surface area contributed by atoms with Crippen LogP contribution in [0.5, 0.6) is 0 Å². The summed E-state index contributed by atoms with van der Waals surface area (Å²) in [6, 6.07) is 0. The van der Waals surface area contributed by atoms with Gasteiger partial charge in [-0.3, -0.25) is 0 Å². The fourth-order valence-electron chi connectivity index (χ4n) is 1.18. The number of aryl methyl sites for hydroxylation is 1. The van der Waals surface area contributed by atoms with Crippen LogP contribution in [-0.2, 0) is 11.3 Å². The first kappa shape index (κ1) is 11.1. The minimum atomic E-state index is -0.673. The Balaban J connectivity index is 2.61. The molecule has 1 heterocycles. The number of aliphatic hydroxyl groups excluding tert-OH is 1. The van der Waals surface area contributed by atoms with E-state index in [-0.39, 0.29) is 6.61 Å². The topological polar surface area (TPSA) is 86.2 Å². The van der Waals surface area contributed by atoms with Crippen molar-refractivity contribution in [1.29, 1.82) is 0 Å². The van der Waals surface area contributed by atoms with Gasteiger partial charge in [-0.25, -0.2) is 4.68 Å². The maximum atomic E-state index is 9.63. The van der Waals surface area contributed by atoms with Crippen LogP contribution in [0.15, 0.2) is 6.20 Å². The van der Waals surface area contributed by atoms with E-state index in [4.69, 9.17) is 10.5 Å². The Morgan fingerprint density at radius 1 is 1.71 bits per heavy atom. The molecule has 14 heavy (non-hydrogen) atoms. The number of hydrogen-bond donors (Lipinski definition) is 2. The summed E-state index contributed by atoms with van der Waals surface area (Å²) in [4.78, 5) is 0. The second kappa shape index (κ2) is 5.69. The Kier molecular flexibility index (Phi) is 4.51. The van der Waals surface area contributed by atoms with Gasteiger partial charge in [0.25, 0.3) is 0 Å². The summed E-state index contributed by atoms with van der Waals surface area (Å²) >= 11 is 0. The molecule has 6 nitrogen and oxygen atoms in total. The number of methoxy groups -OCH3 is 1. The molecule has 1 atom stereocenters. The molecule has 3 N–H and O–H groups in total. The highest BCUT2D eigenvalue weighted by molar-refractivity contribution is 4.98. The number of rotatable bonds is 6. The highest BCUT2D eigenvalue weighted by Crippen LogP contribution is 2.10. The first-order valence-electron chi connectivity index (χ1n) is 4.55. The number of nitrogens with zero attached hydrogens (tertiary/aromatic N) is 3. The molecule has 1 aromatic rings. The monoisotopic (exact) mass is 200 g/mol. The van der Waals surface area contributed by atoms with Crippen molar-refractivity contribution >= 4 is 0 Å². The van der Waals surface area contributed by atoms with Gasteiger partial charge >= 0.3 is 0 Å². The second-order valence-corrected chi connectivity index (χ2v) is 3.00. The van der Waals surface area contributed by atoms with E-state index in [1.807, 2.05) is 0 Å². The van der Waals surface area contributed by atoms with Crippen molar-refractivity contribution in [2.45, 2.75) is 19.1 Å². The summed E-state index contributed by atoms with van der Waals surface area (Å²) in [6.07, 6.45) is 1.68. The van der Waals surface area contributed by atoms with Crippen LogP contribution < -0.4 is 5.73 Å². The lowest BCUT2D eigenvalue weighted by Gasteiger charge is -2.10. The molecule has 6 heteroatoms. The van der Waals surface area contributed by atoms with E-state index in [1.54, 1.807) is 10.9 Å². The first-order valence-corrected chi connectivity index (χ1v) is 4.55. The van der Waals surface area contributed by atoms with Crippen LogP contribution in [-0.4, -0.2) is 40.4 Å². The van der Waals surface area contributed by atoms with Gasteiger partial charge in [-0.15, -0.1) is 5.10 Å². The highest BCUT2D eigenvalue weighted by Gasteiger charge is 2.13. The van der Waals surface area contributed by atoms with Crippen molar-refractivity contribution in [3.05, 3.63) is 11.9 Å². The van der Waals surface area contributed by atoms with Crippen molar-refractivity contribution < 1.29 is 9.84 Å². The SMILES string of the molecule is COCC(O)c1cnnn1CCCN. The average Bonchev–Trinajstić information content (AvgIpc) is 2.63. The van der Waals surface area contributed by atoms with Gasteiger partial charge in [-0.05, 0) is 13.0 Å². The molecule has 0 aliphatic heterocycles. The maximum Gasteiger partial charge on any atom is 0.120 e. The third-order valence-electron chi connectivity index (χ3n) is 1.89. The van der Waals surface area contributed by atoms with Gasteiger partial charge in [0.15, 0.2) is 0 Å². The minimum absolute atomic E-state index is 0.246. The Bertz CT molecular complexity index is 264. The minimum Gasteiger partial charge on any atom is -0.384 e. The van der Waals surface area contributed by atoms with Crippen LogP contribution in [0.4, 0.5) is 0 Å². The normalized spacial score (nSPS) is 13.1. The van der Waals surface area contributed by atoms with Crippen molar-refractivity contribution in [2.24, 2.45) is 5.73 Å². The lowest BCUT2D eigenvalue weighted by atomic mass is 10.3. The molecule has 0 aliphatic carbocycles. The molecule has 0 saturated heterocycles. The first-order chi connectivity index (χ1) is 6.79. The molecule has 1 unspecified atom stereocenters. The molecule has 0 aromatic carbocycles. The maximum absolute atomic E-state index is 9.63. The number of aliphatic hydroxyl groups is 1. The summed E-state index contributed by atoms with van der Waals surface area (Å²) < 4.78 is 6.49. The van der Waals surface area contributed by atoms with E-state index in [9.17, 15) is 5.11 Å². The Hall–Kier alpha value is -0.980. The van der Waals surface area contributed by atoms with Crippen LogP contribution in [0.2, 0.25) is 0 Å². The summed E-state index contributed by atoms with van der Waals surface area (Å²) in [5.74, 6) is 0. The van der Waals surface area contributed by atoms with E-state index < -0.39 is 6.10 Å². The quantitative estimate of drug-likeness (QED) is 0.634. The zero-order chi connectivity index (χ0) is 10.4. The smallest absolute Gasteiger partial charge is 0.120 e. The van der Waals surface area contributed by atoms with Crippen LogP contribution in [0.3, 0.4) is 0 Å². The van der Waals surface area contributed by atoms with E-state index >= 15 is 0 Å². The molecule has 0 saturated carbocycles. The summed E-state index contributed by atoms with van der Waals surface area (Å²) in [6.45, 7) is 1.52. The van der Waals surface area contributed by atoms with Crippen LogP contribution in [0, 0.1) is 0 Å². The van der Waals surface area contributed by atoms with Crippen molar-refractivity contribution in [2.75, 3.05) is 20.3 Å². The fraction of sp³-hybridized carbons (Fsp3) is 0.750. The van der Waals surface area contributed by atoms with Gasteiger partial charge < -0.3 is 15.6 Å². The highest BCUT2D eigenvalue weighted by atomic mass is 16.5. The predicted molar refractivity (Wildman–Crippen MR) is 50.5 cm³/mol. The molecular weight excluding hydrogens is 184 g/mol.